The van der Waals surface area contributed by atoms with Gasteiger partial charge in [0.25, 0.3) is 0 Å². The number of esters is 1. The highest BCUT2D eigenvalue weighted by molar-refractivity contribution is 5.75. The van der Waals surface area contributed by atoms with E-state index in [9.17, 15) is 4.79 Å². The van der Waals surface area contributed by atoms with Crippen LogP contribution in [0.1, 0.15) is 26.7 Å². The van der Waals surface area contributed by atoms with E-state index in [1.54, 1.807) is 14.2 Å². The molecule has 0 fully saturated rings. The van der Waals surface area contributed by atoms with Crippen molar-refractivity contribution in [3.63, 3.8) is 0 Å². The third kappa shape index (κ3) is 7.31. The Morgan fingerprint density at radius 3 is 2.41 bits per heavy atom. The molecule has 0 rings (SSSR count). The van der Waals surface area contributed by atoms with Crippen LogP contribution in [0.2, 0.25) is 0 Å². The number of rotatable bonds is 9. The Labute approximate surface area is 104 Å². The fourth-order valence-electron chi connectivity index (χ4n) is 1.25. The van der Waals surface area contributed by atoms with Gasteiger partial charge in [0.05, 0.1) is 12.7 Å². The first-order valence-electron chi connectivity index (χ1n) is 5.85. The number of hydrogen-bond acceptors (Lipinski definition) is 5. The van der Waals surface area contributed by atoms with Crippen molar-refractivity contribution < 1.29 is 19.0 Å². The quantitative estimate of drug-likeness (QED) is 0.486. The van der Waals surface area contributed by atoms with Crippen LogP contribution in [0.25, 0.3) is 0 Å². The van der Waals surface area contributed by atoms with Crippen LogP contribution in [0.15, 0.2) is 0 Å². The lowest BCUT2D eigenvalue weighted by Gasteiger charge is -2.22. The minimum absolute atomic E-state index is 0.162. The van der Waals surface area contributed by atoms with E-state index in [1.807, 2.05) is 13.8 Å². The molecule has 1 unspecified atom stereocenters. The molecule has 0 aliphatic carbocycles. The molecule has 0 aliphatic rings. The number of nitrogens with one attached hydrogen (secondary N) is 1. The Kier molecular flexibility index (Phi) is 8.12. The summed E-state index contributed by atoms with van der Waals surface area (Å²) in [6, 6.07) is -0.296. The van der Waals surface area contributed by atoms with Gasteiger partial charge in [-0.25, -0.2) is 0 Å². The summed E-state index contributed by atoms with van der Waals surface area (Å²) in [5.41, 5.74) is -0.162. The first-order chi connectivity index (χ1) is 7.96. The number of hydrogen-bond donors (Lipinski definition) is 1. The molecule has 0 heterocycles. The van der Waals surface area contributed by atoms with Crippen molar-refractivity contribution in [2.24, 2.45) is 0 Å². The maximum Gasteiger partial charge on any atom is 0.322 e. The van der Waals surface area contributed by atoms with Crippen molar-refractivity contribution in [1.82, 2.24) is 5.32 Å². The Morgan fingerprint density at radius 1 is 1.29 bits per heavy atom. The predicted molar refractivity (Wildman–Crippen MR) is 66.0 cm³/mol. The van der Waals surface area contributed by atoms with Crippen LogP contribution >= 0.6 is 0 Å². The number of carbonyl (C=O) groups is 1. The highest BCUT2D eigenvalue weighted by Gasteiger charge is 2.18. The van der Waals surface area contributed by atoms with Gasteiger partial charge in [0.1, 0.15) is 6.04 Å². The van der Waals surface area contributed by atoms with Crippen LogP contribution in [0, 0.1) is 0 Å². The standard InChI is InChI=1S/C12H25NO4/c1-12(2,16-5)7-9-17-8-6-10(13-3)11(14)15-4/h10,13H,6-9H2,1-5H3. The molecule has 0 radical (unpaired) electrons. The Morgan fingerprint density at radius 2 is 1.94 bits per heavy atom. The van der Waals surface area contributed by atoms with Gasteiger partial charge in [-0.3, -0.25) is 4.79 Å². The third-order valence-corrected chi connectivity index (χ3v) is 2.79. The van der Waals surface area contributed by atoms with Gasteiger partial charge in [-0.2, -0.15) is 0 Å². The number of ether oxygens (including phenoxy) is 3. The zero-order valence-corrected chi connectivity index (χ0v) is 11.5. The molecule has 1 atom stereocenters. The highest BCUT2D eigenvalue weighted by Crippen LogP contribution is 2.12. The Bertz CT molecular complexity index is 219. The number of carbonyl (C=O) groups excluding carboxylic acids is 1. The lowest BCUT2D eigenvalue weighted by Crippen LogP contribution is -2.36. The average Bonchev–Trinajstić information content (AvgIpc) is 2.32. The lowest BCUT2D eigenvalue weighted by molar-refractivity contribution is -0.143. The summed E-state index contributed by atoms with van der Waals surface area (Å²) in [4.78, 5) is 11.3. The number of methoxy groups -OCH3 is 2. The number of likely N-dealkylation sites (N-methyl/N-ethyl adjacent to an activating group) is 1. The van der Waals surface area contributed by atoms with Crippen LogP contribution in [0.5, 0.6) is 0 Å². The average molecular weight is 247 g/mol. The largest absolute Gasteiger partial charge is 0.468 e. The van der Waals surface area contributed by atoms with E-state index >= 15 is 0 Å². The molecule has 0 aromatic heterocycles. The summed E-state index contributed by atoms with van der Waals surface area (Å²) in [5, 5.41) is 2.89. The zero-order valence-electron chi connectivity index (χ0n) is 11.5. The van der Waals surface area contributed by atoms with Gasteiger partial charge in [-0.1, -0.05) is 0 Å². The second kappa shape index (κ2) is 8.44. The zero-order chi connectivity index (χ0) is 13.3. The van der Waals surface area contributed by atoms with Crippen molar-refractivity contribution in [3.8, 4) is 0 Å². The molecule has 5 heteroatoms. The van der Waals surface area contributed by atoms with Crippen molar-refractivity contribution in [2.45, 2.75) is 38.3 Å². The topological polar surface area (TPSA) is 56.8 Å². The molecule has 0 saturated carbocycles. The van der Waals surface area contributed by atoms with Gasteiger partial charge in [0, 0.05) is 20.3 Å². The van der Waals surface area contributed by atoms with Crippen molar-refractivity contribution >= 4 is 5.97 Å². The smallest absolute Gasteiger partial charge is 0.322 e. The molecular weight excluding hydrogens is 222 g/mol. The second-order valence-corrected chi connectivity index (χ2v) is 4.48. The van der Waals surface area contributed by atoms with E-state index in [1.165, 1.54) is 7.11 Å². The molecule has 5 nitrogen and oxygen atoms in total. The first-order valence-corrected chi connectivity index (χ1v) is 5.85. The van der Waals surface area contributed by atoms with Crippen molar-refractivity contribution in [3.05, 3.63) is 0 Å². The summed E-state index contributed by atoms with van der Waals surface area (Å²) < 4.78 is 15.4. The molecule has 102 valence electrons. The minimum Gasteiger partial charge on any atom is -0.468 e. The molecule has 17 heavy (non-hydrogen) atoms. The summed E-state index contributed by atoms with van der Waals surface area (Å²) in [6.45, 7) is 5.18. The molecule has 0 amide bonds. The van der Waals surface area contributed by atoms with Gasteiger partial charge >= 0.3 is 5.97 Å². The lowest BCUT2D eigenvalue weighted by atomic mass is 10.1. The predicted octanol–water partition coefficient (Wildman–Crippen LogP) is 0.969. The first kappa shape index (κ1) is 16.4. The third-order valence-electron chi connectivity index (χ3n) is 2.79. The SMILES string of the molecule is CNC(CCOCCC(C)(C)OC)C(=O)OC. The van der Waals surface area contributed by atoms with Gasteiger partial charge in [0.15, 0.2) is 0 Å². The molecule has 0 spiro atoms. The van der Waals surface area contributed by atoms with Gasteiger partial charge in [0.2, 0.25) is 0 Å². The summed E-state index contributed by atoms with van der Waals surface area (Å²) in [7, 11) is 4.80. The fraction of sp³-hybridized carbons (Fsp3) is 0.917. The molecule has 1 N–H and O–H groups in total. The molecule has 0 saturated heterocycles. The van der Waals surface area contributed by atoms with E-state index < -0.39 is 0 Å². The summed E-state index contributed by atoms with van der Waals surface area (Å²) in [5.74, 6) is -0.256. The van der Waals surface area contributed by atoms with Gasteiger partial charge in [-0.15, -0.1) is 0 Å². The fourth-order valence-corrected chi connectivity index (χ4v) is 1.25. The van der Waals surface area contributed by atoms with Crippen LogP contribution < -0.4 is 5.32 Å². The maximum absolute atomic E-state index is 11.3. The van der Waals surface area contributed by atoms with Crippen LogP contribution in [-0.4, -0.2) is 52.1 Å². The van der Waals surface area contributed by atoms with Gasteiger partial charge < -0.3 is 19.5 Å². The second-order valence-electron chi connectivity index (χ2n) is 4.48. The summed E-state index contributed by atoms with van der Waals surface area (Å²) >= 11 is 0. The maximum atomic E-state index is 11.3. The van der Waals surface area contributed by atoms with E-state index in [0.717, 1.165) is 6.42 Å². The Hall–Kier alpha value is -0.650. The van der Waals surface area contributed by atoms with Crippen LogP contribution in [0.3, 0.4) is 0 Å². The molecule has 0 aliphatic heterocycles. The monoisotopic (exact) mass is 247 g/mol. The van der Waals surface area contributed by atoms with E-state index in [4.69, 9.17) is 9.47 Å². The Balaban J connectivity index is 3.66. The van der Waals surface area contributed by atoms with Crippen LogP contribution in [-0.2, 0) is 19.0 Å². The molecular formula is C12H25NO4. The van der Waals surface area contributed by atoms with E-state index in [-0.39, 0.29) is 17.6 Å². The van der Waals surface area contributed by atoms with E-state index in [2.05, 4.69) is 10.1 Å². The molecule has 0 aromatic rings. The van der Waals surface area contributed by atoms with Gasteiger partial charge in [-0.05, 0) is 33.7 Å². The molecule has 0 aromatic carbocycles. The highest BCUT2D eigenvalue weighted by atomic mass is 16.5. The minimum atomic E-state index is -0.296. The van der Waals surface area contributed by atoms with Crippen molar-refractivity contribution in [1.29, 1.82) is 0 Å². The normalized spacial score (nSPS) is 13.5. The van der Waals surface area contributed by atoms with E-state index in [0.29, 0.717) is 19.6 Å². The summed E-state index contributed by atoms with van der Waals surface area (Å²) in [6.07, 6.45) is 1.43. The molecule has 0 bridgehead atoms. The van der Waals surface area contributed by atoms with Crippen molar-refractivity contribution in [2.75, 3.05) is 34.5 Å². The van der Waals surface area contributed by atoms with Crippen LogP contribution in [0.4, 0.5) is 0 Å².